The van der Waals surface area contributed by atoms with E-state index in [0.29, 0.717) is 10.3 Å². The molecule has 0 saturated heterocycles. The van der Waals surface area contributed by atoms with E-state index in [0.717, 1.165) is 12.0 Å². The largest absolute Gasteiger partial charge is 0.398 e. The highest BCUT2D eigenvalue weighted by molar-refractivity contribution is 7.94. The summed E-state index contributed by atoms with van der Waals surface area (Å²) in [5.41, 5.74) is 11.2. The van der Waals surface area contributed by atoms with E-state index in [-0.39, 0.29) is 75.9 Å². The van der Waals surface area contributed by atoms with E-state index >= 15 is 0 Å². The lowest BCUT2D eigenvalue weighted by Crippen LogP contribution is -2.34. The van der Waals surface area contributed by atoms with E-state index in [1.165, 1.54) is 42.5 Å². The van der Waals surface area contributed by atoms with Gasteiger partial charge in [0.2, 0.25) is 0 Å². The number of benzene rings is 4. The molecular weight excluding hydrogens is 659 g/mol. The zero-order valence-electron chi connectivity index (χ0n) is 22.9. The zero-order valence-corrected chi connectivity index (χ0v) is 26.1. The van der Waals surface area contributed by atoms with E-state index in [4.69, 9.17) is 20.7 Å². The van der Waals surface area contributed by atoms with Crippen molar-refractivity contribution in [3.05, 3.63) is 60.7 Å². The first-order chi connectivity index (χ1) is 20.6. The number of rotatable bonds is 14. The van der Waals surface area contributed by atoms with Crippen LogP contribution in [0.4, 0.5) is 11.4 Å². The lowest BCUT2D eigenvalue weighted by Gasteiger charge is -2.20. The van der Waals surface area contributed by atoms with Crippen LogP contribution in [0.3, 0.4) is 0 Å². The van der Waals surface area contributed by atoms with Gasteiger partial charge >= 0.3 is 0 Å². The van der Waals surface area contributed by atoms with Crippen molar-refractivity contribution in [2.24, 2.45) is 0 Å². The fourth-order valence-corrected chi connectivity index (χ4v) is 7.99. The number of nitrogens with zero attached hydrogens (tertiary/aromatic N) is 1. The number of fused-ring (bicyclic) bond motifs is 2. The van der Waals surface area contributed by atoms with Crippen LogP contribution in [-0.2, 0) is 39.3 Å². The summed E-state index contributed by atoms with van der Waals surface area (Å²) in [4.78, 5) is 6.47. The summed E-state index contributed by atoms with van der Waals surface area (Å²) in [6.45, 7) is 0.183. The molecule has 0 heterocycles. The van der Waals surface area contributed by atoms with Crippen LogP contribution in [-0.4, -0.2) is 83.0 Å². The molecule has 0 unspecified atom stereocenters. The van der Waals surface area contributed by atoms with E-state index < -0.39 is 35.0 Å². The fraction of sp³-hybridized carbons (Fsp3) is 0.231. The fourth-order valence-electron chi connectivity index (χ4n) is 4.52. The Morgan fingerprint density at radius 1 is 0.727 bits per heavy atom. The summed E-state index contributed by atoms with van der Waals surface area (Å²) < 4.78 is 97.3. The van der Waals surface area contributed by atoms with Crippen molar-refractivity contribution >= 4 is 75.0 Å². The highest BCUT2D eigenvalue weighted by Crippen LogP contribution is 2.32. The number of hydrogen-bond donors (Lipinski definition) is 5. The molecule has 0 spiro atoms. The van der Waals surface area contributed by atoms with Crippen molar-refractivity contribution in [1.82, 2.24) is 4.90 Å². The number of nitrogen functional groups attached to an aromatic ring is 2. The van der Waals surface area contributed by atoms with Gasteiger partial charge in [-0.1, -0.05) is 24.3 Å². The van der Waals surface area contributed by atoms with Gasteiger partial charge in [-0.05, 0) is 47.2 Å². The van der Waals surface area contributed by atoms with Gasteiger partial charge < -0.3 is 16.6 Å². The smallest absolute Gasteiger partial charge is 0.297 e. The highest BCUT2D eigenvalue weighted by atomic mass is 32.2. The first-order valence-corrected chi connectivity index (χ1v) is 18.0. The van der Waals surface area contributed by atoms with Crippen LogP contribution in [0.25, 0.3) is 21.5 Å². The molecule has 0 fully saturated rings. The average molecular weight is 688 g/mol. The van der Waals surface area contributed by atoms with Crippen molar-refractivity contribution in [1.29, 1.82) is 0 Å². The summed E-state index contributed by atoms with van der Waals surface area (Å²) in [5, 5.41) is 10.5. The van der Waals surface area contributed by atoms with E-state index in [2.05, 4.69) is 0 Å². The monoisotopic (exact) mass is 687 g/mol. The Hall–Kier alpha value is -3.04. The number of aliphatic hydroxyl groups is 1. The second-order valence-corrected chi connectivity index (χ2v) is 15.1. The highest BCUT2D eigenvalue weighted by Gasteiger charge is 2.22. The van der Waals surface area contributed by atoms with Gasteiger partial charge in [-0.2, -0.15) is 21.2 Å². The molecule has 0 saturated carbocycles. The van der Waals surface area contributed by atoms with Crippen LogP contribution < -0.4 is 11.5 Å². The van der Waals surface area contributed by atoms with Crippen LogP contribution in [0.5, 0.6) is 0 Å². The first kappa shape index (κ1) is 33.8. The maximum absolute atomic E-state index is 13.1. The molecule has 238 valence electrons. The molecule has 18 heteroatoms. The summed E-state index contributed by atoms with van der Waals surface area (Å²) >= 11 is 0.847. The van der Waals surface area contributed by atoms with Crippen molar-refractivity contribution in [2.45, 2.75) is 19.6 Å². The van der Waals surface area contributed by atoms with Gasteiger partial charge in [-0.3, -0.25) is 14.0 Å². The molecule has 0 aromatic heterocycles. The Labute approximate surface area is 258 Å². The van der Waals surface area contributed by atoms with Crippen LogP contribution in [0, 0.1) is 0 Å². The number of aliphatic hydroxyl groups excluding tert-OH is 1. The van der Waals surface area contributed by atoms with Crippen molar-refractivity contribution in [3.63, 3.8) is 0 Å². The minimum absolute atomic E-state index is 0.0138. The molecule has 0 atom stereocenters. The van der Waals surface area contributed by atoms with E-state index in [9.17, 15) is 39.5 Å². The topological polar surface area (TPSA) is 237 Å². The first-order valence-electron chi connectivity index (χ1n) is 12.7. The molecule has 0 radical (unpaired) electrons. The molecule has 0 bridgehead atoms. The quantitative estimate of drug-likeness (QED) is 0.0319. The number of nitrogens with two attached hydrogens (primary N) is 2. The van der Waals surface area contributed by atoms with Gasteiger partial charge in [0.15, 0.2) is 9.84 Å². The lowest BCUT2D eigenvalue weighted by molar-refractivity contribution is -0.193. The third kappa shape index (κ3) is 7.96. The maximum atomic E-state index is 13.1. The molecule has 0 aliphatic heterocycles. The lowest BCUT2D eigenvalue weighted by atomic mass is 10.1. The molecule has 0 amide bonds. The van der Waals surface area contributed by atoms with Crippen LogP contribution >= 0.6 is 12.0 Å². The Morgan fingerprint density at radius 2 is 1.30 bits per heavy atom. The Bertz CT molecular complexity index is 2020. The normalized spacial score (nSPS) is 12.8. The minimum atomic E-state index is -4.64. The molecular formula is C26H29N3O11S4. The standard InChI is InChI=1S/C26H29N3O11S4/c27-23-7-1-17-15-19(3-5-21(17)25(23)43(33,34)35)41-40-39-13-10-29(9-12-30)11-14-42(31,32)20-4-6-22-18(16-20)2-8-24(28)26(22)44(36,37)38/h1-8,15-16,30H,9-14,27-28H2,(H,33,34,35)(H,36,37,38). The maximum Gasteiger partial charge on any atom is 0.297 e. The van der Waals surface area contributed by atoms with Crippen molar-refractivity contribution in [3.8, 4) is 0 Å². The summed E-state index contributed by atoms with van der Waals surface area (Å²) in [6.07, 6.45) is 0. The number of anilines is 2. The van der Waals surface area contributed by atoms with Crippen molar-refractivity contribution < 1.29 is 48.7 Å². The summed E-state index contributed by atoms with van der Waals surface area (Å²) in [5.74, 6) is -0.318. The summed E-state index contributed by atoms with van der Waals surface area (Å²) in [7, 11) is -13.0. The van der Waals surface area contributed by atoms with Crippen molar-refractivity contribution in [2.75, 3.05) is 50.1 Å². The van der Waals surface area contributed by atoms with Gasteiger partial charge in [0.25, 0.3) is 20.2 Å². The third-order valence-corrected chi connectivity index (χ3v) is 10.8. The van der Waals surface area contributed by atoms with Gasteiger partial charge in [-0.15, -0.1) is 0 Å². The molecule has 44 heavy (non-hydrogen) atoms. The predicted molar refractivity (Wildman–Crippen MR) is 165 cm³/mol. The van der Waals surface area contributed by atoms with Crippen LogP contribution in [0.15, 0.2) is 80.2 Å². The van der Waals surface area contributed by atoms with Gasteiger partial charge in [0, 0.05) is 35.3 Å². The second-order valence-electron chi connectivity index (χ2n) is 9.54. The van der Waals surface area contributed by atoms with E-state index in [1.807, 2.05) is 0 Å². The number of hydrogen-bond acceptors (Lipinski definition) is 13. The SMILES string of the molecule is Nc1ccc2cc(SOOCCN(CCO)CCS(=O)(=O)c3ccc4c(S(=O)(=O)O)c(N)ccc4c3)ccc2c1S(=O)(=O)O. The average Bonchev–Trinajstić information content (AvgIpc) is 2.93. The molecule has 0 aliphatic carbocycles. The summed E-state index contributed by atoms with van der Waals surface area (Å²) in [6, 6.07) is 14.1. The number of sulfone groups is 1. The predicted octanol–water partition coefficient (Wildman–Crippen LogP) is 2.37. The molecule has 0 aliphatic rings. The second kappa shape index (κ2) is 13.5. The molecule has 4 aromatic carbocycles. The van der Waals surface area contributed by atoms with Gasteiger partial charge in [0.1, 0.15) is 9.79 Å². The van der Waals surface area contributed by atoms with Crippen LogP contribution in [0.1, 0.15) is 0 Å². The van der Waals surface area contributed by atoms with Gasteiger partial charge in [0.05, 0.1) is 47.3 Å². The minimum Gasteiger partial charge on any atom is -0.398 e. The molecule has 4 rings (SSSR count). The Balaban J connectivity index is 1.34. The molecule has 14 nitrogen and oxygen atoms in total. The van der Waals surface area contributed by atoms with Crippen LogP contribution in [0.2, 0.25) is 0 Å². The third-order valence-electron chi connectivity index (χ3n) is 6.58. The molecule has 7 N–H and O–H groups in total. The van der Waals surface area contributed by atoms with Gasteiger partial charge in [-0.25, -0.2) is 13.3 Å². The Morgan fingerprint density at radius 3 is 1.86 bits per heavy atom. The zero-order chi connectivity index (χ0) is 32.3. The Kier molecular flexibility index (Phi) is 10.4. The van der Waals surface area contributed by atoms with E-state index in [1.54, 1.807) is 23.1 Å². The molecule has 4 aromatic rings.